The van der Waals surface area contributed by atoms with Crippen LogP contribution < -0.4 is 10.6 Å². The minimum atomic E-state index is -4.45. The summed E-state index contributed by atoms with van der Waals surface area (Å²) in [5, 5.41) is 18.8. The number of anilines is 2. The maximum absolute atomic E-state index is 13.0. The molecule has 3 N–H and O–H groups in total. The summed E-state index contributed by atoms with van der Waals surface area (Å²) >= 11 is 0. The number of aromatic nitrogens is 3. The van der Waals surface area contributed by atoms with Gasteiger partial charge in [0.25, 0.3) is 5.91 Å². The molecule has 1 aliphatic carbocycles. The largest absolute Gasteiger partial charge is 0.416 e. The Balaban J connectivity index is 0.00000176. The van der Waals surface area contributed by atoms with E-state index in [2.05, 4.69) is 20.7 Å². The summed E-state index contributed by atoms with van der Waals surface area (Å²) in [4.78, 5) is 17.0. The second kappa shape index (κ2) is 12.2. The van der Waals surface area contributed by atoms with Crippen molar-refractivity contribution in [2.75, 3.05) is 18.5 Å². The van der Waals surface area contributed by atoms with Gasteiger partial charge < -0.3 is 15.7 Å². The van der Waals surface area contributed by atoms with Crippen molar-refractivity contribution in [1.29, 1.82) is 0 Å². The molecule has 190 valence electrons. The highest BCUT2D eigenvalue weighted by Gasteiger charge is 2.30. The fraction of sp³-hybridized carbons (Fsp3) is 0.269. The molecular weight excluding hydrogens is 471 g/mol. The summed E-state index contributed by atoms with van der Waals surface area (Å²) in [5.41, 5.74) is 1.86. The van der Waals surface area contributed by atoms with E-state index in [9.17, 15) is 18.0 Å². The summed E-state index contributed by atoms with van der Waals surface area (Å²) in [5.74, 6) is -0.0996. The lowest BCUT2D eigenvalue weighted by atomic mass is 10.0. The van der Waals surface area contributed by atoms with Crippen molar-refractivity contribution in [1.82, 2.24) is 19.9 Å². The average molecular weight is 500 g/mol. The third-order valence-corrected chi connectivity index (χ3v) is 5.08. The number of hydrogen-bond donors (Lipinski definition) is 3. The Morgan fingerprint density at radius 1 is 1.19 bits per heavy atom. The third-order valence-electron chi connectivity index (χ3n) is 5.08. The van der Waals surface area contributed by atoms with Gasteiger partial charge in [-0.1, -0.05) is 38.1 Å². The first-order chi connectivity index (χ1) is 17.3. The number of halogens is 3. The van der Waals surface area contributed by atoms with E-state index in [-0.39, 0.29) is 24.1 Å². The molecule has 4 rings (SSSR count). The maximum atomic E-state index is 13.0. The normalized spacial score (nSPS) is 13.3. The molecule has 1 aliphatic rings. The van der Waals surface area contributed by atoms with Crippen LogP contribution in [0.5, 0.6) is 0 Å². The predicted molar refractivity (Wildman–Crippen MR) is 134 cm³/mol. The van der Waals surface area contributed by atoms with Crippen LogP contribution in [-0.4, -0.2) is 38.8 Å². The van der Waals surface area contributed by atoms with Crippen molar-refractivity contribution in [3.8, 4) is 0 Å². The molecule has 0 spiro atoms. The molecule has 0 aliphatic heterocycles. The van der Waals surface area contributed by atoms with Gasteiger partial charge in [0, 0.05) is 36.2 Å². The zero-order chi connectivity index (χ0) is 26.1. The third kappa shape index (κ3) is 6.60. The molecule has 10 heteroatoms. The second-order valence-electron chi connectivity index (χ2n) is 7.56. The van der Waals surface area contributed by atoms with Crippen molar-refractivity contribution in [2.24, 2.45) is 0 Å². The lowest BCUT2D eigenvalue weighted by molar-refractivity contribution is -0.137. The summed E-state index contributed by atoms with van der Waals surface area (Å²) in [6.07, 6.45) is 5.63. The van der Waals surface area contributed by atoms with Crippen LogP contribution in [0.15, 0.2) is 72.5 Å². The summed E-state index contributed by atoms with van der Waals surface area (Å²) in [7, 11) is 0. The van der Waals surface area contributed by atoms with Gasteiger partial charge in [-0.15, -0.1) is 5.10 Å². The van der Waals surface area contributed by atoms with Gasteiger partial charge in [0.15, 0.2) is 5.65 Å². The van der Waals surface area contributed by atoms with E-state index in [0.29, 0.717) is 36.2 Å². The van der Waals surface area contributed by atoms with Crippen molar-refractivity contribution < 1.29 is 23.1 Å². The van der Waals surface area contributed by atoms with E-state index < -0.39 is 11.7 Å². The van der Waals surface area contributed by atoms with Crippen LogP contribution in [0.4, 0.5) is 24.8 Å². The molecular formula is C26H28F3N5O2. The Hall–Kier alpha value is -3.92. The Kier molecular flexibility index (Phi) is 9.02. The van der Waals surface area contributed by atoms with Gasteiger partial charge in [0.2, 0.25) is 5.95 Å². The number of aliphatic hydroxyl groups excluding tert-OH is 1. The van der Waals surface area contributed by atoms with Gasteiger partial charge in [0.1, 0.15) is 0 Å². The predicted octanol–water partition coefficient (Wildman–Crippen LogP) is 5.29. The SMILES string of the molecule is CC.O=C(NCCCO)C1=CCC=CC(c2cccn3nc(Nc4cccc(C(F)(F)F)c4)nc23)=C1. The number of aliphatic hydroxyl groups is 1. The first-order valence-corrected chi connectivity index (χ1v) is 11.6. The number of allylic oxidation sites excluding steroid dienone is 4. The Labute approximate surface area is 207 Å². The molecule has 0 saturated heterocycles. The van der Waals surface area contributed by atoms with Crippen LogP contribution in [0.3, 0.4) is 0 Å². The minimum absolute atomic E-state index is 0.00623. The molecule has 1 aromatic carbocycles. The highest BCUT2D eigenvalue weighted by atomic mass is 19.4. The molecule has 0 radical (unpaired) electrons. The molecule has 2 aromatic heterocycles. The fourth-order valence-corrected chi connectivity index (χ4v) is 3.46. The van der Waals surface area contributed by atoms with E-state index in [0.717, 1.165) is 17.7 Å². The zero-order valence-electron chi connectivity index (χ0n) is 20.0. The van der Waals surface area contributed by atoms with Crippen LogP contribution in [0, 0.1) is 0 Å². The van der Waals surface area contributed by atoms with Gasteiger partial charge in [-0.05, 0) is 54.8 Å². The summed E-state index contributed by atoms with van der Waals surface area (Å²) in [6.45, 7) is 4.36. The van der Waals surface area contributed by atoms with Crippen LogP contribution in [0.25, 0.3) is 11.2 Å². The van der Waals surface area contributed by atoms with Crippen LogP contribution in [-0.2, 0) is 11.0 Å². The molecule has 1 amide bonds. The Morgan fingerprint density at radius 3 is 2.75 bits per heavy atom. The van der Waals surface area contributed by atoms with Gasteiger partial charge in [0.05, 0.1) is 5.56 Å². The number of benzene rings is 1. The number of alkyl halides is 3. The quantitative estimate of drug-likeness (QED) is 0.385. The fourth-order valence-electron chi connectivity index (χ4n) is 3.46. The smallest absolute Gasteiger partial charge is 0.396 e. The number of amides is 1. The molecule has 0 saturated carbocycles. The van der Waals surface area contributed by atoms with Gasteiger partial charge in [-0.2, -0.15) is 18.2 Å². The van der Waals surface area contributed by atoms with Gasteiger partial charge in [-0.3, -0.25) is 4.79 Å². The van der Waals surface area contributed by atoms with E-state index >= 15 is 0 Å². The highest BCUT2D eigenvalue weighted by molar-refractivity contribution is 6.00. The van der Waals surface area contributed by atoms with Crippen molar-refractivity contribution in [3.05, 3.63) is 83.6 Å². The number of carbonyl (C=O) groups is 1. The molecule has 0 atom stereocenters. The second-order valence-corrected chi connectivity index (χ2v) is 7.56. The van der Waals surface area contributed by atoms with Crippen LogP contribution >= 0.6 is 0 Å². The number of nitrogens with zero attached hydrogens (tertiary/aromatic N) is 3. The lowest BCUT2D eigenvalue weighted by Crippen LogP contribution is -2.26. The Bertz CT molecular complexity index is 1290. The minimum Gasteiger partial charge on any atom is -0.396 e. The maximum Gasteiger partial charge on any atom is 0.416 e. The first kappa shape index (κ1) is 26.7. The van der Waals surface area contributed by atoms with Crippen molar-refractivity contribution in [3.63, 3.8) is 0 Å². The average Bonchev–Trinajstić information content (AvgIpc) is 3.11. The van der Waals surface area contributed by atoms with E-state index in [1.165, 1.54) is 16.6 Å². The summed E-state index contributed by atoms with van der Waals surface area (Å²) < 4.78 is 40.6. The molecule has 36 heavy (non-hydrogen) atoms. The number of nitrogens with one attached hydrogen (secondary N) is 2. The molecule has 0 fully saturated rings. The highest BCUT2D eigenvalue weighted by Crippen LogP contribution is 2.31. The van der Waals surface area contributed by atoms with E-state index in [1.54, 1.807) is 18.3 Å². The molecule has 2 heterocycles. The van der Waals surface area contributed by atoms with E-state index in [4.69, 9.17) is 5.11 Å². The number of carbonyl (C=O) groups excluding carboxylic acids is 1. The number of fused-ring (bicyclic) bond motifs is 1. The van der Waals surface area contributed by atoms with Crippen LogP contribution in [0.2, 0.25) is 0 Å². The lowest BCUT2D eigenvalue weighted by Gasteiger charge is -2.08. The standard InChI is InChI=1S/C24H22F3N5O2.C2H6/c25-24(26,27)18-8-3-9-19(15-18)29-23-30-21-20(10-4-12-32(21)31-23)16-6-1-2-7-17(14-16)22(34)28-11-5-13-33;1-2/h1,3-4,6-10,12,14-15,33H,2,5,11,13H2,(H,28,34)(H,29,31);1-2H3. The van der Waals surface area contributed by atoms with Gasteiger partial charge >= 0.3 is 6.18 Å². The zero-order valence-corrected chi connectivity index (χ0v) is 20.0. The summed E-state index contributed by atoms with van der Waals surface area (Å²) in [6, 6.07) is 8.42. The number of rotatable bonds is 7. The number of hydrogen-bond acceptors (Lipinski definition) is 5. The van der Waals surface area contributed by atoms with Crippen LogP contribution in [0.1, 0.15) is 37.8 Å². The topological polar surface area (TPSA) is 91.5 Å². The Morgan fingerprint density at radius 2 is 2.00 bits per heavy atom. The first-order valence-electron chi connectivity index (χ1n) is 11.6. The monoisotopic (exact) mass is 499 g/mol. The van der Waals surface area contributed by atoms with Crippen molar-refractivity contribution in [2.45, 2.75) is 32.9 Å². The van der Waals surface area contributed by atoms with E-state index in [1.807, 2.05) is 38.1 Å². The molecule has 3 aromatic rings. The molecule has 0 bridgehead atoms. The van der Waals surface area contributed by atoms with Gasteiger partial charge in [-0.25, -0.2) is 4.52 Å². The molecule has 7 nitrogen and oxygen atoms in total. The molecule has 0 unspecified atom stereocenters. The number of pyridine rings is 1. The van der Waals surface area contributed by atoms with Crippen molar-refractivity contribution >= 4 is 28.8 Å².